The minimum absolute atomic E-state index is 0.126. The quantitative estimate of drug-likeness (QED) is 0.647. The fourth-order valence-corrected chi connectivity index (χ4v) is 4.06. The van der Waals surface area contributed by atoms with Crippen molar-refractivity contribution in [1.29, 1.82) is 0 Å². The Kier molecular flexibility index (Phi) is 3.33. The molecule has 3 atom stereocenters. The summed E-state index contributed by atoms with van der Waals surface area (Å²) in [6, 6.07) is 15.4. The third kappa shape index (κ3) is 2.12. The van der Waals surface area contributed by atoms with Crippen LogP contribution < -0.4 is 4.90 Å². The number of carbonyl (C=O) groups excluding carboxylic acids is 1. The highest BCUT2D eigenvalue weighted by Gasteiger charge is 2.81. The van der Waals surface area contributed by atoms with Crippen LogP contribution in [0.25, 0.3) is 0 Å². The lowest BCUT2D eigenvalue weighted by molar-refractivity contribution is -0.168. The van der Waals surface area contributed by atoms with Crippen LogP contribution in [0.15, 0.2) is 59.1 Å². The van der Waals surface area contributed by atoms with Gasteiger partial charge in [0.2, 0.25) is 5.91 Å². The van der Waals surface area contributed by atoms with Crippen LogP contribution >= 0.6 is 15.9 Å². The van der Waals surface area contributed by atoms with Gasteiger partial charge < -0.3 is 4.90 Å². The number of hydrogen-bond donors (Lipinski definition) is 0. The van der Waals surface area contributed by atoms with Crippen molar-refractivity contribution in [1.82, 2.24) is 0 Å². The predicted octanol–water partition coefficient (Wildman–Crippen LogP) is 5.11. The van der Waals surface area contributed by atoms with Crippen molar-refractivity contribution in [3.05, 3.63) is 64.6 Å². The molecule has 2 aromatic rings. The van der Waals surface area contributed by atoms with E-state index in [4.69, 9.17) is 0 Å². The molecule has 6 heteroatoms. The van der Waals surface area contributed by atoms with E-state index in [2.05, 4.69) is 15.9 Å². The van der Waals surface area contributed by atoms with E-state index in [9.17, 15) is 18.0 Å². The van der Waals surface area contributed by atoms with Crippen LogP contribution in [0.1, 0.15) is 18.0 Å². The summed E-state index contributed by atoms with van der Waals surface area (Å²) in [5.74, 6) is -1.98. The lowest BCUT2D eigenvalue weighted by Gasteiger charge is -2.49. The molecule has 1 unspecified atom stereocenters. The average Bonchev–Trinajstić information content (AvgIpc) is 3.33. The van der Waals surface area contributed by atoms with Gasteiger partial charge in [-0.3, -0.25) is 4.79 Å². The summed E-state index contributed by atoms with van der Waals surface area (Å²) in [7, 11) is 0. The molecule has 124 valence electrons. The Labute approximate surface area is 145 Å². The number of benzene rings is 2. The van der Waals surface area contributed by atoms with E-state index >= 15 is 0 Å². The van der Waals surface area contributed by atoms with Gasteiger partial charge in [0.15, 0.2) is 0 Å². The van der Waals surface area contributed by atoms with E-state index in [1.165, 1.54) is 4.90 Å². The zero-order valence-electron chi connectivity index (χ0n) is 12.4. The number of hydrogen-bond acceptors (Lipinski definition) is 1. The summed E-state index contributed by atoms with van der Waals surface area (Å²) >= 11 is 3.33. The van der Waals surface area contributed by atoms with Crippen molar-refractivity contribution in [3.63, 3.8) is 0 Å². The van der Waals surface area contributed by atoms with E-state index in [0.717, 1.165) is 10.0 Å². The minimum Gasteiger partial charge on any atom is -0.303 e. The van der Waals surface area contributed by atoms with E-state index in [1.807, 2.05) is 6.07 Å². The molecule has 1 amide bonds. The van der Waals surface area contributed by atoms with Gasteiger partial charge in [-0.25, -0.2) is 0 Å². The number of nitrogens with zero attached hydrogens (tertiary/aromatic N) is 1. The number of amides is 1. The second-order valence-electron chi connectivity index (χ2n) is 6.30. The van der Waals surface area contributed by atoms with Gasteiger partial charge in [0.25, 0.3) is 0 Å². The molecule has 1 saturated heterocycles. The number of anilines is 1. The molecule has 0 bridgehead atoms. The second-order valence-corrected chi connectivity index (χ2v) is 7.22. The minimum atomic E-state index is -4.34. The van der Waals surface area contributed by atoms with Crippen LogP contribution in [0.5, 0.6) is 0 Å². The van der Waals surface area contributed by atoms with Crippen LogP contribution in [0.4, 0.5) is 18.9 Å². The van der Waals surface area contributed by atoms with Gasteiger partial charge in [0, 0.05) is 10.2 Å². The van der Waals surface area contributed by atoms with Crippen molar-refractivity contribution >= 4 is 27.5 Å². The summed E-state index contributed by atoms with van der Waals surface area (Å²) in [5, 5.41) is 0. The third-order valence-electron chi connectivity index (χ3n) is 4.98. The maximum atomic E-state index is 13.2. The van der Waals surface area contributed by atoms with Crippen molar-refractivity contribution in [3.8, 4) is 0 Å². The summed E-state index contributed by atoms with van der Waals surface area (Å²) in [6.45, 7) is 0. The van der Waals surface area contributed by atoms with Crippen molar-refractivity contribution in [2.75, 3.05) is 4.90 Å². The Morgan fingerprint density at radius 2 is 1.67 bits per heavy atom. The topological polar surface area (TPSA) is 20.3 Å². The third-order valence-corrected chi connectivity index (χ3v) is 5.51. The molecule has 0 radical (unpaired) electrons. The molecular weight excluding hydrogens is 383 g/mol. The van der Waals surface area contributed by atoms with Gasteiger partial charge in [0.05, 0.1) is 17.4 Å². The number of carbonyl (C=O) groups is 1. The predicted molar refractivity (Wildman–Crippen MR) is 87.4 cm³/mol. The van der Waals surface area contributed by atoms with Crippen LogP contribution in [0, 0.1) is 11.3 Å². The molecule has 4 rings (SSSR count). The monoisotopic (exact) mass is 395 g/mol. The van der Waals surface area contributed by atoms with Gasteiger partial charge >= 0.3 is 6.18 Å². The molecule has 1 saturated carbocycles. The van der Waals surface area contributed by atoms with Gasteiger partial charge in [-0.15, -0.1) is 0 Å². The van der Waals surface area contributed by atoms with E-state index in [1.54, 1.807) is 48.5 Å². The standard InChI is InChI=1S/C18H13BrF3NO/c19-12-8-6-11(7-9-12)15-17(10-14(17)18(20,21)22)16(24)23(15)13-4-2-1-3-5-13/h1-9,14-15H,10H2/t14?,15-,17-/m1/s1. The summed E-state index contributed by atoms with van der Waals surface area (Å²) in [6.07, 6.45) is -4.47. The van der Waals surface area contributed by atoms with Gasteiger partial charge in [-0.1, -0.05) is 46.3 Å². The first-order valence-corrected chi connectivity index (χ1v) is 8.36. The molecule has 24 heavy (non-hydrogen) atoms. The zero-order chi connectivity index (χ0) is 17.1. The first-order valence-electron chi connectivity index (χ1n) is 7.56. The fraction of sp³-hybridized carbons (Fsp3) is 0.278. The molecular formula is C18H13BrF3NO. The SMILES string of the molecule is O=C1N(c2ccccc2)[C@H](c2ccc(Br)cc2)[C@]12CC2C(F)(F)F. The molecule has 2 fully saturated rings. The summed E-state index contributed by atoms with van der Waals surface area (Å²) < 4.78 is 40.6. The Bertz CT molecular complexity index is 790. The van der Waals surface area contributed by atoms with Gasteiger partial charge in [0.1, 0.15) is 0 Å². The van der Waals surface area contributed by atoms with Crippen LogP contribution in [-0.2, 0) is 4.79 Å². The summed E-state index contributed by atoms with van der Waals surface area (Å²) in [5.41, 5.74) is 0.0318. The lowest BCUT2D eigenvalue weighted by atomic mass is 9.76. The lowest BCUT2D eigenvalue weighted by Crippen LogP contribution is -2.59. The molecule has 2 nitrogen and oxygen atoms in total. The molecule has 1 heterocycles. The number of alkyl halides is 3. The number of rotatable bonds is 2. The second kappa shape index (κ2) is 5.09. The van der Waals surface area contributed by atoms with Crippen LogP contribution in [0.3, 0.4) is 0 Å². The number of β-lactam (4-membered cyclic amide) rings is 1. The van der Waals surface area contributed by atoms with Crippen LogP contribution in [-0.4, -0.2) is 12.1 Å². The Hall–Kier alpha value is -1.82. The highest BCUT2D eigenvalue weighted by molar-refractivity contribution is 9.10. The molecule has 0 aromatic heterocycles. The van der Waals surface area contributed by atoms with Gasteiger partial charge in [-0.05, 0) is 36.2 Å². The maximum Gasteiger partial charge on any atom is 0.392 e. The molecule has 1 aliphatic carbocycles. The van der Waals surface area contributed by atoms with Crippen molar-refractivity contribution in [2.45, 2.75) is 18.6 Å². The van der Waals surface area contributed by atoms with E-state index in [-0.39, 0.29) is 6.42 Å². The van der Waals surface area contributed by atoms with Gasteiger partial charge in [-0.2, -0.15) is 13.2 Å². The Morgan fingerprint density at radius 3 is 2.21 bits per heavy atom. The zero-order valence-corrected chi connectivity index (χ0v) is 14.0. The highest BCUT2D eigenvalue weighted by Crippen LogP contribution is 2.73. The average molecular weight is 396 g/mol. The first kappa shape index (κ1) is 15.7. The van der Waals surface area contributed by atoms with Crippen molar-refractivity contribution in [2.24, 2.45) is 11.3 Å². The molecule has 2 aromatic carbocycles. The molecule has 1 spiro atoms. The fourth-order valence-electron chi connectivity index (χ4n) is 3.79. The largest absolute Gasteiger partial charge is 0.392 e. The summed E-state index contributed by atoms with van der Waals surface area (Å²) in [4.78, 5) is 14.2. The Balaban J connectivity index is 1.77. The smallest absolute Gasteiger partial charge is 0.303 e. The number of halogens is 4. The Morgan fingerprint density at radius 1 is 1.04 bits per heavy atom. The van der Waals surface area contributed by atoms with E-state index < -0.39 is 29.5 Å². The normalized spacial score (nSPS) is 28.8. The first-order chi connectivity index (χ1) is 11.4. The maximum absolute atomic E-state index is 13.2. The number of para-hydroxylation sites is 1. The van der Waals surface area contributed by atoms with E-state index in [0.29, 0.717) is 5.69 Å². The van der Waals surface area contributed by atoms with Crippen molar-refractivity contribution < 1.29 is 18.0 Å². The van der Waals surface area contributed by atoms with Crippen LogP contribution in [0.2, 0.25) is 0 Å². The highest BCUT2D eigenvalue weighted by atomic mass is 79.9. The molecule has 1 aliphatic heterocycles. The molecule has 0 N–H and O–H groups in total. The molecule has 2 aliphatic rings.